The molecule has 1 aliphatic heterocycles. The molecule has 1 fully saturated rings. The maximum absolute atomic E-state index is 3.69. The number of nitrogens with zero attached hydrogens (tertiary/aromatic N) is 1. The summed E-state index contributed by atoms with van der Waals surface area (Å²) in [4.78, 5) is 4.03. The zero-order valence-corrected chi connectivity index (χ0v) is 11.1. The van der Waals surface area contributed by atoms with Crippen LogP contribution in [0.2, 0.25) is 0 Å². The first-order valence-corrected chi connectivity index (χ1v) is 7.16. The molecule has 3 heteroatoms. The second kappa shape index (κ2) is 5.80. The van der Waals surface area contributed by atoms with Crippen LogP contribution in [0, 0.1) is 6.92 Å². The monoisotopic (exact) mass is 238 g/mol. The Hall–Kier alpha value is -0.380. The minimum absolute atomic E-state index is 0.726. The van der Waals surface area contributed by atoms with E-state index in [9.17, 15) is 0 Å². The molecule has 0 unspecified atom stereocenters. The minimum Gasteiger partial charge on any atom is -0.309 e. The van der Waals surface area contributed by atoms with E-state index in [1.807, 2.05) is 11.3 Å². The Kier molecular flexibility index (Phi) is 4.38. The second-order valence-electron chi connectivity index (χ2n) is 4.62. The van der Waals surface area contributed by atoms with Crippen LogP contribution in [-0.2, 0) is 6.54 Å². The fourth-order valence-electron chi connectivity index (χ4n) is 2.28. The van der Waals surface area contributed by atoms with Crippen molar-refractivity contribution in [3.05, 3.63) is 21.9 Å². The number of rotatable bonds is 4. The molecule has 1 saturated heterocycles. The van der Waals surface area contributed by atoms with Crippen molar-refractivity contribution >= 4 is 11.3 Å². The first-order valence-electron chi connectivity index (χ1n) is 6.28. The van der Waals surface area contributed by atoms with Gasteiger partial charge in [0.15, 0.2) is 0 Å². The molecule has 1 N–H and O–H groups in total. The fraction of sp³-hybridized carbons (Fsp3) is 0.692. The van der Waals surface area contributed by atoms with Gasteiger partial charge in [-0.2, -0.15) is 0 Å². The highest BCUT2D eigenvalue weighted by Crippen LogP contribution is 2.16. The van der Waals surface area contributed by atoms with Gasteiger partial charge in [0.2, 0.25) is 0 Å². The maximum atomic E-state index is 3.69. The maximum Gasteiger partial charge on any atom is 0.0304 e. The molecule has 2 rings (SSSR count). The summed E-state index contributed by atoms with van der Waals surface area (Å²) in [5, 5.41) is 5.88. The first-order chi connectivity index (χ1) is 7.79. The van der Waals surface area contributed by atoms with Gasteiger partial charge in [-0.05, 0) is 56.4 Å². The van der Waals surface area contributed by atoms with E-state index in [2.05, 4.69) is 35.5 Å². The molecule has 1 aromatic rings. The lowest BCUT2D eigenvalue weighted by atomic mass is 10.1. The standard InChI is InChI=1S/C13H22N2S/c1-3-15-7-4-12(5-8-15)14-10-13-11(2)6-9-16-13/h6,9,12,14H,3-5,7-8,10H2,1-2H3. The Labute approximate surface area is 103 Å². The molecule has 0 amide bonds. The highest BCUT2D eigenvalue weighted by molar-refractivity contribution is 7.10. The summed E-state index contributed by atoms with van der Waals surface area (Å²) in [6.45, 7) is 9.24. The third kappa shape index (κ3) is 3.06. The molecule has 0 aromatic carbocycles. The first kappa shape index (κ1) is 12.1. The topological polar surface area (TPSA) is 15.3 Å². The van der Waals surface area contributed by atoms with Gasteiger partial charge in [0.25, 0.3) is 0 Å². The zero-order valence-electron chi connectivity index (χ0n) is 10.3. The van der Waals surface area contributed by atoms with E-state index >= 15 is 0 Å². The van der Waals surface area contributed by atoms with Gasteiger partial charge in [-0.15, -0.1) is 11.3 Å². The fourth-order valence-corrected chi connectivity index (χ4v) is 3.13. The molecule has 1 aliphatic rings. The van der Waals surface area contributed by atoms with Gasteiger partial charge in [0.05, 0.1) is 0 Å². The Morgan fingerprint density at radius 1 is 1.44 bits per heavy atom. The molecule has 2 heterocycles. The quantitative estimate of drug-likeness (QED) is 0.867. The van der Waals surface area contributed by atoms with Crippen molar-refractivity contribution in [1.29, 1.82) is 0 Å². The molecule has 0 saturated carbocycles. The Morgan fingerprint density at radius 2 is 2.19 bits per heavy atom. The zero-order chi connectivity index (χ0) is 11.4. The van der Waals surface area contributed by atoms with Crippen molar-refractivity contribution in [3.8, 4) is 0 Å². The second-order valence-corrected chi connectivity index (χ2v) is 5.62. The molecular weight excluding hydrogens is 216 g/mol. The number of likely N-dealkylation sites (tertiary alicyclic amines) is 1. The van der Waals surface area contributed by atoms with E-state index < -0.39 is 0 Å². The average Bonchev–Trinajstić information content (AvgIpc) is 2.73. The Balaban J connectivity index is 1.73. The van der Waals surface area contributed by atoms with Gasteiger partial charge in [-0.3, -0.25) is 0 Å². The van der Waals surface area contributed by atoms with E-state index in [-0.39, 0.29) is 0 Å². The third-order valence-corrected chi connectivity index (χ3v) is 4.58. The van der Waals surface area contributed by atoms with Gasteiger partial charge >= 0.3 is 0 Å². The lowest BCUT2D eigenvalue weighted by Crippen LogP contribution is -2.42. The van der Waals surface area contributed by atoms with Gasteiger partial charge in [0, 0.05) is 17.5 Å². The number of hydrogen-bond acceptors (Lipinski definition) is 3. The highest BCUT2D eigenvalue weighted by Gasteiger charge is 2.17. The summed E-state index contributed by atoms with van der Waals surface area (Å²) in [5.41, 5.74) is 1.43. The van der Waals surface area contributed by atoms with Gasteiger partial charge in [-0.25, -0.2) is 0 Å². The number of nitrogens with one attached hydrogen (secondary N) is 1. The van der Waals surface area contributed by atoms with Crippen LogP contribution in [0.1, 0.15) is 30.2 Å². The third-order valence-electron chi connectivity index (χ3n) is 3.55. The number of aryl methyl sites for hydroxylation is 1. The summed E-state index contributed by atoms with van der Waals surface area (Å²) >= 11 is 1.87. The van der Waals surface area contributed by atoms with Gasteiger partial charge in [-0.1, -0.05) is 6.92 Å². The normalized spacial score (nSPS) is 19.1. The number of thiophene rings is 1. The van der Waals surface area contributed by atoms with Crippen LogP contribution in [0.4, 0.5) is 0 Å². The smallest absolute Gasteiger partial charge is 0.0304 e. The van der Waals surface area contributed by atoms with Crippen molar-refractivity contribution in [2.24, 2.45) is 0 Å². The lowest BCUT2D eigenvalue weighted by molar-refractivity contribution is 0.206. The lowest BCUT2D eigenvalue weighted by Gasteiger charge is -2.31. The SMILES string of the molecule is CCN1CCC(NCc2sccc2C)CC1. The van der Waals surface area contributed by atoms with Crippen LogP contribution in [0.25, 0.3) is 0 Å². The number of piperidine rings is 1. The van der Waals surface area contributed by atoms with Gasteiger partial charge < -0.3 is 10.2 Å². The van der Waals surface area contributed by atoms with E-state index in [1.165, 1.54) is 42.9 Å². The summed E-state index contributed by atoms with van der Waals surface area (Å²) in [6, 6.07) is 2.94. The Bertz CT molecular complexity index is 313. The summed E-state index contributed by atoms with van der Waals surface area (Å²) in [5.74, 6) is 0. The molecular formula is C13H22N2S. The van der Waals surface area contributed by atoms with Crippen LogP contribution in [0.15, 0.2) is 11.4 Å². The number of hydrogen-bond donors (Lipinski definition) is 1. The molecule has 0 radical (unpaired) electrons. The molecule has 0 spiro atoms. The summed E-state index contributed by atoms with van der Waals surface area (Å²) < 4.78 is 0. The highest BCUT2D eigenvalue weighted by atomic mass is 32.1. The predicted molar refractivity (Wildman–Crippen MR) is 71.0 cm³/mol. The molecule has 1 aromatic heterocycles. The summed E-state index contributed by atoms with van der Waals surface area (Å²) in [7, 11) is 0. The summed E-state index contributed by atoms with van der Waals surface area (Å²) in [6.07, 6.45) is 2.61. The van der Waals surface area contributed by atoms with E-state index in [4.69, 9.17) is 0 Å². The molecule has 90 valence electrons. The van der Waals surface area contributed by atoms with Crippen molar-refractivity contribution < 1.29 is 0 Å². The van der Waals surface area contributed by atoms with Crippen LogP contribution in [0.3, 0.4) is 0 Å². The molecule has 16 heavy (non-hydrogen) atoms. The molecule has 0 bridgehead atoms. The average molecular weight is 238 g/mol. The van der Waals surface area contributed by atoms with Crippen LogP contribution in [0.5, 0.6) is 0 Å². The van der Waals surface area contributed by atoms with Crippen LogP contribution >= 0.6 is 11.3 Å². The van der Waals surface area contributed by atoms with Crippen molar-refractivity contribution in [2.45, 2.75) is 39.3 Å². The van der Waals surface area contributed by atoms with Crippen molar-refractivity contribution in [1.82, 2.24) is 10.2 Å². The van der Waals surface area contributed by atoms with Crippen molar-refractivity contribution in [3.63, 3.8) is 0 Å². The predicted octanol–water partition coefficient (Wildman–Crippen LogP) is 2.63. The largest absolute Gasteiger partial charge is 0.309 e. The molecule has 2 nitrogen and oxygen atoms in total. The molecule has 0 atom stereocenters. The van der Waals surface area contributed by atoms with Crippen LogP contribution < -0.4 is 5.32 Å². The van der Waals surface area contributed by atoms with Gasteiger partial charge in [0.1, 0.15) is 0 Å². The van der Waals surface area contributed by atoms with E-state index in [0.717, 1.165) is 12.6 Å². The van der Waals surface area contributed by atoms with E-state index in [1.54, 1.807) is 0 Å². The van der Waals surface area contributed by atoms with Crippen LogP contribution in [-0.4, -0.2) is 30.6 Å². The Morgan fingerprint density at radius 3 is 2.75 bits per heavy atom. The molecule has 0 aliphatic carbocycles. The van der Waals surface area contributed by atoms with E-state index in [0.29, 0.717) is 0 Å². The van der Waals surface area contributed by atoms with Crippen molar-refractivity contribution in [2.75, 3.05) is 19.6 Å². The minimum atomic E-state index is 0.726.